The Morgan fingerprint density at radius 3 is 3.00 bits per heavy atom. The Hall–Kier alpha value is -0.160. The van der Waals surface area contributed by atoms with Crippen LogP contribution >= 0.6 is 0 Å². The Morgan fingerprint density at radius 1 is 1.47 bits per heavy atom. The van der Waals surface area contributed by atoms with Crippen LogP contribution in [0.25, 0.3) is 0 Å². The molecule has 2 heterocycles. The molecule has 88 valence electrons. The molecule has 4 heteroatoms. The second-order valence-corrected chi connectivity index (χ2v) is 4.81. The van der Waals surface area contributed by atoms with E-state index in [1.165, 1.54) is 0 Å². The summed E-state index contributed by atoms with van der Waals surface area (Å²) in [6.07, 6.45) is 3.17. The summed E-state index contributed by atoms with van der Waals surface area (Å²) >= 11 is 0. The second kappa shape index (κ2) is 4.78. The minimum atomic E-state index is -0.637. The summed E-state index contributed by atoms with van der Waals surface area (Å²) in [6.45, 7) is 4.72. The fraction of sp³-hybridized carbons (Fsp3) is 1.00. The van der Waals surface area contributed by atoms with E-state index >= 15 is 0 Å². The summed E-state index contributed by atoms with van der Waals surface area (Å²) < 4.78 is 10.7. The van der Waals surface area contributed by atoms with E-state index in [0.29, 0.717) is 31.9 Å². The van der Waals surface area contributed by atoms with Gasteiger partial charge in [0.05, 0.1) is 12.7 Å². The highest BCUT2D eigenvalue weighted by Crippen LogP contribution is 2.19. The lowest BCUT2D eigenvalue weighted by molar-refractivity contribution is -0.00300. The molecule has 15 heavy (non-hydrogen) atoms. The smallest absolute Gasteiger partial charge is 0.102 e. The maximum absolute atomic E-state index is 10.1. The molecular formula is C11H21NO3. The molecule has 4 nitrogen and oxygen atoms in total. The van der Waals surface area contributed by atoms with Crippen molar-refractivity contribution in [2.75, 3.05) is 26.4 Å². The Kier molecular flexibility index (Phi) is 3.61. The third-order valence-electron chi connectivity index (χ3n) is 3.29. The highest BCUT2D eigenvalue weighted by Gasteiger charge is 2.33. The lowest BCUT2D eigenvalue weighted by Gasteiger charge is -2.31. The van der Waals surface area contributed by atoms with E-state index in [1.54, 1.807) is 0 Å². The quantitative estimate of drug-likeness (QED) is 0.710. The molecule has 3 atom stereocenters. The maximum atomic E-state index is 10.1. The van der Waals surface area contributed by atoms with Crippen molar-refractivity contribution in [3.05, 3.63) is 0 Å². The topological polar surface area (TPSA) is 50.7 Å². The first-order valence-electron chi connectivity index (χ1n) is 5.83. The Morgan fingerprint density at radius 2 is 2.33 bits per heavy atom. The first kappa shape index (κ1) is 11.3. The van der Waals surface area contributed by atoms with Gasteiger partial charge >= 0.3 is 0 Å². The summed E-state index contributed by atoms with van der Waals surface area (Å²) in [5.41, 5.74) is -0.637. The van der Waals surface area contributed by atoms with Crippen LogP contribution in [-0.2, 0) is 9.47 Å². The standard InChI is InChI=1S/C11H21NO3/c1-9-6-10(2-4-15-9)12-7-11(13)3-5-14-8-11/h9-10,12-13H,2-8H2,1H3. The fourth-order valence-electron chi connectivity index (χ4n) is 2.25. The van der Waals surface area contributed by atoms with Gasteiger partial charge in [0.1, 0.15) is 5.60 Å². The minimum Gasteiger partial charge on any atom is -0.386 e. The van der Waals surface area contributed by atoms with E-state index in [2.05, 4.69) is 12.2 Å². The molecule has 0 spiro atoms. The monoisotopic (exact) mass is 215 g/mol. The zero-order chi connectivity index (χ0) is 10.7. The average molecular weight is 215 g/mol. The van der Waals surface area contributed by atoms with Crippen molar-refractivity contribution in [3.63, 3.8) is 0 Å². The van der Waals surface area contributed by atoms with E-state index in [1.807, 2.05) is 0 Å². The van der Waals surface area contributed by atoms with Crippen molar-refractivity contribution >= 4 is 0 Å². The number of hydrogen-bond donors (Lipinski definition) is 2. The molecule has 0 radical (unpaired) electrons. The second-order valence-electron chi connectivity index (χ2n) is 4.81. The summed E-state index contributed by atoms with van der Waals surface area (Å²) in [6, 6.07) is 0.485. The van der Waals surface area contributed by atoms with Gasteiger partial charge in [-0.2, -0.15) is 0 Å². The first-order chi connectivity index (χ1) is 7.18. The summed E-state index contributed by atoms with van der Waals surface area (Å²) in [5, 5.41) is 13.5. The predicted molar refractivity (Wildman–Crippen MR) is 56.8 cm³/mol. The van der Waals surface area contributed by atoms with Crippen molar-refractivity contribution in [2.45, 2.75) is 43.9 Å². The zero-order valence-electron chi connectivity index (χ0n) is 9.37. The van der Waals surface area contributed by atoms with Crippen molar-refractivity contribution in [1.29, 1.82) is 0 Å². The molecule has 3 unspecified atom stereocenters. The van der Waals surface area contributed by atoms with Crippen molar-refractivity contribution < 1.29 is 14.6 Å². The van der Waals surface area contributed by atoms with Gasteiger partial charge in [0.2, 0.25) is 0 Å². The summed E-state index contributed by atoms with van der Waals surface area (Å²) in [7, 11) is 0. The fourth-order valence-corrected chi connectivity index (χ4v) is 2.25. The molecule has 2 fully saturated rings. The van der Waals surface area contributed by atoms with Crippen LogP contribution in [0.4, 0.5) is 0 Å². The van der Waals surface area contributed by atoms with Crippen molar-refractivity contribution in [3.8, 4) is 0 Å². The number of aliphatic hydroxyl groups is 1. The molecule has 0 saturated carbocycles. The molecule has 0 amide bonds. The van der Waals surface area contributed by atoms with Gasteiger partial charge < -0.3 is 19.9 Å². The van der Waals surface area contributed by atoms with Gasteiger partial charge in [-0.05, 0) is 19.8 Å². The van der Waals surface area contributed by atoms with E-state index in [9.17, 15) is 5.11 Å². The Labute approximate surface area is 90.9 Å². The molecule has 0 aromatic heterocycles. The first-order valence-corrected chi connectivity index (χ1v) is 5.83. The predicted octanol–water partition coefficient (Wildman–Crippen LogP) is 0.295. The maximum Gasteiger partial charge on any atom is 0.102 e. The lowest BCUT2D eigenvalue weighted by atomic mass is 10.0. The van der Waals surface area contributed by atoms with Crippen LogP contribution in [-0.4, -0.2) is 49.2 Å². The molecule has 0 aromatic carbocycles. The van der Waals surface area contributed by atoms with E-state index in [-0.39, 0.29) is 0 Å². The van der Waals surface area contributed by atoms with Crippen molar-refractivity contribution in [2.24, 2.45) is 0 Å². The third kappa shape index (κ3) is 3.14. The lowest BCUT2D eigenvalue weighted by Crippen LogP contribution is -2.47. The number of nitrogens with one attached hydrogen (secondary N) is 1. The number of ether oxygens (including phenoxy) is 2. The summed E-state index contributed by atoms with van der Waals surface area (Å²) in [5.74, 6) is 0. The molecule has 2 saturated heterocycles. The van der Waals surface area contributed by atoms with Crippen LogP contribution in [0.1, 0.15) is 26.2 Å². The van der Waals surface area contributed by atoms with Gasteiger partial charge in [0.15, 0.2) is 0 Å². The Bertz CT molecular complexity index is 204. The Balaban J connectivity index is 1.72. The van der Waals surface area contributed by atoms with E-state index in [0.717, 1.165) is 25.9 Å². The van der Waals surface area contributed by atoms with Gasteiger partial charge in [-0.1, -0.05) is 0 Å². The molecule has 0 bridgehead atoms. The van der Waals surface area contributed by atoms with E-state index < -0.39 is 5.60 Å². The molecule has 2 aliphatic rings. The van der Waals surface area contributed by atoms with E-state index in [4.69, 9.17) is 9.47 Å². The van der Waals surface area contributed by atoms with Crippen LogP contribution < -0.4 is 5.32 Å². The summed E-state index contributed by atoms with van der Waals surface area (Å²) in [4.78, 5) is 0. The van der Waals surface area contributed by atoms with Crippen LogP contribution in [0.15, 0.2) is 0 Å². The third-order valence-corrected chi connectivity index (χ3v) is 3.29. The van der Waals surface area contributed by atoms with Gasteiger partial charge in [-0.3, -0.25) is 0 Å². The van der Waals surface area contributed by atoms with Crippen molar-refractivity contribution in [1.82, 2.24) is 5.32 Å². The SMILES string of the molecule is CC1CC(NCC2(O)CCOC2)CCO1. The highest BCUT2D eigenvalue weighted by atomic mass is 16.5. The molecule has 2 aliphatic heterocycles. The minimum absolute atomic E-state index is 0.339. The molecular weight excluding hydrogens is 194 g/mol. The molecule has 0 aromatic rings. The molecule has 2 rings (SSSR count). The highest BCUT2D eigenvalue weighted by molar-refractivity contribution is 4.87. The van der Waals surface area contributed by atoms with Crippen LogP contribution in [0.2, 0.25) is 0 Å². The van der Waals surface area contributed by atoms with Crippen LogP contribution in [0.3, 0.4) is 0 Å². The average Bonchev–Trinajstić information content (AvgIpc) is 2.63. The molecule has 2 N–H and O–H groups in total. The van der Waals surface area contributed by atoms with Gasteiger partial charge in [-0.25, -0.2) is 0 Å². The zero-order valence-corrected chi connectivity index (χ0v) is 9.37. The normalized spacial score (nSPS) is 42.0. The largest absolute Gasteiger partial charge is 0.386 e. The van der Waals surface area contributed by atoms with Gasteiger partial charge in [0.25, 0.3) is 0 Å². The van der Waals surface area contributed by atoms with Crippen LogP contribution in [0.5, 0.6) is 0 Å². The van der Waals surface area contributed by atoms with Gasteiger partial charge in [0, 0.05) is 32.2 Å². The number of rotatable bonds is 3. The van der Waals surface area contributed by atoms with Gasteiger partial charge in [-0.15, -0.1) is 0 Å². The molecule has 0 aliphatic carbocycles. The van der Waals surface area contributed by atoms with Crippen LogP contribution in [0, 0.1) is 0 Å². The number of hydrogen-bond acceptors (Lipinski definition) is 4.